The molecule has 0 fully saturated rings. The Balaban J connectivity index is 3.28. The van der Waals surface area contributed by atoms with Gasteiger partial charge in [0.25, 0.3) is 5.91 Å². The van der Waals surface area contributed by atoms with Crippen LogP contribution in [0.5, 0.6) is 0 Å². The topological polar surface area (TPSA) is 118 Å². The van der Waals surface area contributed by atoms with E-state index in [9.17, 15) is 13.2 Å². The molecule has 1 aromatic rings. The minimum Gasteiger partial charge on any atom is -0.351 e. The van der Waals surface area contributed by atoms with E-state index in [-0.39, 0.29) is 10.6 Å². The van der Waals surface area contributed by atoms with Gasteiger partial charge in [0, 0.05) is 6.54 Å². The molecular formula is C9H16N4O3S. The van der Waals surface area contributed by atoms with Crippen LogP contribution in [-0.2, 0) is 16.4 Å². The number of sulfonamides is 1. The number of hydrogen-bond acceptors (Lipinski definition) is 4. The summed E-state index contributed by atoms with van der Waals surface area (Å²) in [6.07, 6.45) is 1.19. The summed E-state index contributed by atoms with van der Waals surface area (Å²) in [7, 11) is -3.96. The Morgan fingerprint density at radius 2 is 2.12 bits per heavy atom. The van der Waals surface area contributed by atoms with Crippen LogP contribution in [0, 0.1) is 0 Å². The summed E-state index contributed by atoms with van der Waals surface area (Å²) in [5.41, 5.74) is 0.203. The molecule has 0 aliphatic carbocycles. The van der Waals surface area contributed by atoms with Crippen LogP contribution in [0.25, 0.3) is 0 Å². The first-order valence-corrected chi connectivity index (χ1v) is 6.84. The van der Waals surface area contributed by atoms with Gasteiger partial charge in [-0.25, -0.2) is 13.6 Å². The first-order valence-electron chi connectivity index (χ1n) is 5.30. The fourth-order valence-corrected chi connectivity index (χ4v) is 2.39. The van der Waals surface area contributed by atoms with Crippen molar-refractivity contribution in [3.8, 4) is 0 Å². The molecule has 7 nitrogen and oxygen atoms in total. The highest BCUT2D eigenvalue weighted by Crippen LogP contribution is 2.18. The lowest BCUT2D eigenvalue weighted by Gasteiger charge is -2.02. The predicted octanol–water partition coefficient (Wildman–Crippen LogP) is -0.241. The van der Waals surface area contributed by atoms with Gasteiger partial charge in [-0.2, -0.15) is 5.10 Å². The molecule has 8 heteroatoms. The third kappa shape index (κ3) is 3.04. The molecule has 0 bridgehead atoms. The molecule has 96 valence electrons. The molecule has 0 unspecified atom stereocenters. The molecule has 0 aromatic carbocycles. The van der Waals surface area contributed by atoms with Crippen LogP contribution >= 0.6 is 0 Å². The Hall–Kier alpha value is -1.41. The van der Waals surface area contributed by atoms with Gasteiger partial charge in [0.1, 0.15) is 4.90 Å². The fraction of sp³-hybridized carbons (Fsp3) is 0.556. The molecule has 0 saturated carbocycles. The number of amides is 1. The SMILES string of the molecule is CCCc1[nH]nc(C(=O)NCC)c1S(N)(=O)=O. The Kier molecular flexibility index (Phi) is 4.24. The molecule has 0 spiro atoms. The third-order valence-corrected chi connectivity index (χ3v) is 3.14. The molecule has 0 atom stereocenters. The molecule has 1 heterocycles. The van der Waals surface area contributed by atoms with Gasteiger partial charge in [0.2, 0.25) is 10.0 Å². The van der Waals surface area contributed by atoms with E-state index in [1.807, 2.05) is 6.92 Å². The number of carbonyl (C=O) groups excluding carboxylic acids is 1. The standard InChI is InChI=1S/C9H16N4O3S/c1-3-5-6-8(17(10,15)16)7(13-12-6)9(14)11-4-2/h3-5H2,1-2H3,(H,11,14)(H,12,13)(H2,10,15,16). The number of aromatic amines is 1. The molecule has 17 heavy (non-hydrogen) atoms. The predicted molar refractivity (Wildman–Crippen MR) is 62.0 cm³/mol. The monoisotopic (exact) mass is 260 g/mol. The lowest BCUT2D eigenvalue weighted by molar-refractivity contribution is 0.0947. The smallest absolute Gasteiger partial charge is 0.273 e. The van der Waals surface area contributed by atoms with Crippen molar-refractivity contribution >= 4 is 15.9 Å². The minimum atomic E-state index is -3.96. The average molecular weight is 260 g/mol. The summed E-state index contributed by atoms with van der Waals surface area (Å²) in [4.78, 5) is 11.4. The van der Waals surface area contributed by atoms with E-state index in [1.165, 1.54) is 0 Å². The van der Waals surface area contributed by atoms with Crippen molar-refractivity contribution in [2.45, 2.75) is 31.6 Å². The van der Waals surface area contributed by atoms with Crippen molar-refractivity contribution in [3.63, 3.8) is 0 Å². The average Bonchev–Trinajstić information content (AvgIpc) is 2.62. The molecule has 0 aliphatic rings. The first-order chi connectivity index (χ1) is 7.91. The quantitative estimate of drug-likeness (QED) is 0.677. The number of nitrogens with one attached hydrogen (secondary N) is 2. The number of carbonyl (C=O) groups is 1. The van der Waals surface area contributed by atoms with Crippen LogP contribution in [0.3, 0.4) is 0 Å². The van der Waals surface area contributed by atoms with Crippen molar-refractivity contribution in [1.82, 2.24) is 15.5 Å². The van der Waals surface area contributed by atoms with Gasteiger partial charge < -0.3 is 5.32 Å². The lowest BCUT2D eigenvalue weighted by Crippen LogP contribution is -2.26. The van der Waals surface area contributed by atoms with E-state index in [1.54, 1.807) is 6.92 Å². The summed E-state index contributed by atoms with van der Waals surface area (Å²) in [6.45, 7) is 4.01. The maximum absolute atomic E-state index is 11.6. The lowest BCUT2D eigenvalue weighted by atomic mass is 10.2. The first kappa shape index (κ1) is 13.7. The zero-order chi connectivity index (χ0) is 13.1. The van der Waals surface area contributed by atoms with Gasteiger partial charge >= 0.3 is 0 Å². The number of H-pyrrole nitrogens is 1. The van der Waals surface area contributed by atoms with Crippen LogP contribution in [-0.4, -0.2) is 31.1 Å². The van der Waals surface area contributed by atoms with E-state index in [0.717, 1.165) is 6.42 Å². The highest BCUT2D eigenvalue weighted by Gasteiger charge is 2.26. The van der Waals surface area contributed by atoms with Crippen molar-refractivity contribution in [3.05, 3.63) is 11.4 Å². The van der Waals surface area contributed by atoms with Crippen molar-refractivity contribution in [1.29, 1.82) is 0 Å². The van der Waals surface area contributed by atoms with Gasteiger partial charge in [0.15, 0.2) is 5.69 Å². The number of primary sulfonamides is 1. The van der Waals surface area contributed by atoms with Crippen molar-refractivity contribution in [2.75, 3.05) is 6.54 Å². The normalized spacial score (nSPS) is 11.5. The second-order valence-corrected chi connectivity index (χ2v) is 5.03. The van der Waals surface area contributed by atoms with Gasteiger partial charge in [-0.3, -0.25) is 9.89 Å². The fourth-order valence-electron chi connectivity index (χ4n) is 1.49. The number of nitrogens with zero attached hydrogens (tertiary/aromatic N) is 1. The largest absolute Gasteiger partial charge is 0.351 e. The number of hydrogen-bond donors (Lipinski definition) is 3. The summed E-state index contributed by atoms with van der Waals surface area (Å²) < 4.78 is 22.9. The van der Waals surface area contributed by atoms with Gasteiger partial charge in [-0.1, -0.05) is 13.3 Å². The van der Waals surface area contributed by atoms with E-state index < -0.39 is 15.9 Å². The van der Waals surface area contributed by atoms with E-state index in [4.69, 9.17) is 5.14 Å². The van der Waals surface area contributed by atoms with E-state index in [0.29, 0.717) is 18.7 Å². The maximum Gasteiger partial charge on any atom is 0.273 e. The molecule has 0 radical (unpaired) electrons. The van der Waals surface area contributed by atoms with Crippen LogP contribution in [0.15, 0.2) is 4.90 Å². The Morgan fingerprint density at radius 3 is 2.59 bits per heavy atom. The van der Waals surface area contributed by atoms with Crippen LogP contribution in [0.4, 0.5) is 0 Å². The number of aryl methyl sites for hydroxylation is 1. The van der Waals surface area contributed by atoms with Gasteiger partial charge in [-0.05, 0) is 13.3 Å². The second-order valence-electron chi connectivity index (χ2n) is 3.53. The van der Waals surface area contributed by atoms with Gasteiger partial charge in [0.05, 0.1) is 5.69 Å². The molecule has 4 N–H and O–H groups in total. The zero-order valence-corrected chi connectivity index (χ0v) is 10.6. The zero-order valence-electron chi connectivity index (χ0n) is 9.78. The van der Waals surface area contributed by atoms with Crippen molar-refractivity contribution in [2.24, 2.45) is 5.14 Å². The van der Waals surface area contributed by atoms with E-state index >= 15 is 0 Å². The molecular weight excluding hydrogens is 244 g/mol. The minimum absolute atomic E-state index is 0.169. The number of nitrogens with two attached hydrogens (primary N) is 1. The molecule has 0 aliphatic heterocycles. The number of aromatic nitrogens is 2. The molecule has 1 amide bonds. The Morgan fingerprint density at radius 1 is 1.47 bits per heavy atom. The summed E-state index contributed by atoms with van der Waals surface area (Å²) >= 11 is 0. The summed E-state index contributed by atoms with van der Waals surface area (Å²) in [6, 6.07) is 0. The van der Waals surface area contributed by atoms with Crippen molar-refractivity contribution < 1.29 is 13.2 Å². The Bertz CT molecular complexity index is 506. The second kappa shape index (κ2) is 5.28. The van der Waals surface area contributed by atoms with E-state index in [2.05, 4.69) is 15.5 Å². The highest BCUT2D eigenvalue weighted by molar-refractivity contribution is 7.89. The molecule has 0 saturated heterocycles. The summed E-state index contributed by atoms with van der Waals surface area (Å²) in [5.74, 6) is -0.546. The van der Waals surface area contributed by atoms with Crippen LogP contribution < -0.4 is 10.5 Å². The van der Waals surface area contributed by atoms with Gasteiger partial charge in [-0.15, -0.1) is 0 Å². The van der Waals surface area contributed by atoms with Crippen LogP contribution in [0.1, 0.15) is 36.5 Å². The summed E-state index contributed by atoms with van der Waals surface area (Å²) in [5, 5.41) is 13.9. The van der Waals surface area contributed by atoms with Crippen LogP contribution in [0.2, 0.25) is 0 Å². The Labute approximate surface area is 99.8 Å². The number of rotatable bonds is 5. The maximum atomic E-state index is 11.6. The molecule has 1 rings (SSSR count). The highest BCUT2D eigenvalue weighted by atomic mass is 32.2. The third-order valence-electron chi connectivity index (χ3n) is 2.13. The molecule has 1 aromatic heterocycles.